The summed E-state index contributed by atoms with van der Waals surface area (Å²) in [6, 6.07) is 0. The average molecular weight is 705 g/mol. The molecule has 4 saturated heterocycles. The molecule has 0 unspecified atom stereocenters. The molecule has 2 bridgehead atoms. The van der Waals surface area contributed by atoms with Gasteiger partial charge in [-0.1, -0.05) is 13.0 Å². The number of ether oxygens (including phenoxy) is 9. The Kier molecular flexibility index (Phi) is 7.15. The molecule has 0 aromatic heterocycles. The van der Waals surface area contributed by atoms with Crippen molar-refractivity contribution in [3.05, 3.63) is 24.0 Å². The summed E-state index contributed by atoms with van der Waals surface area (Å²) in [6.45, 7) is 7.60. The van der Waals surface area contributed by atoms with Crippen molar-refractivity contribution < 1.29 is 72.0 Å². The number of carbonyl (C=O) groups excluding carboxylic acids is 4. The molecule has 0 aromatic rings. The molecule has 16 atom stereocenters. The van der Waals surface area contributed by atoms with E-state index in [0.717, 1.165) is 0 Å². The average Bonchev–Trinajstić information content (AvgIpc) is 3.52. The summed E-state index contributed by atoms with van der Waals surface area (Å²) >= 11 is 0. The summed E-state index contributed by atoms with van der Waals surface area (Å²) in [5.41, 5.74) is -8.31. The zero-order chi connectivity index (χ0) is 36.0. The van der Waals surface area contributed by atoms with Crippen LogP contribution in [0.5, 0.6) is 0 Å². The summed E-state index contributed by atoms with van der Waals surface area (Å²) in [4.78, 5) is 54.3. The van der Waals surface area contributed by atoms with E-state index in [1.807, 2.05) is 6.92 Å². The van der Waals surface area contributed by atoms with Crippen LogP contribution in [0.15, 0.2) is 24.0 Å². The molecule has 5 heterocycles. The van der Waals surface area contributed by atoms with Crippen molar-refractivity contribution in [1.29, 1.82) is 0 Å². The van der Waals surface area contributed by atoms with Gasteiger partial charge in [-0.3, -0.25) is 9.59 Å². The Morgan fingerprint density at radius 3 is 2.36 bits per heavy atom. The van der Waals surface area contributed by atoms with Gasteiger partial charge in [0.05, 0.1) is 52.0 Å². The highest BCUT2D eigenvalue weighted by molar-refractivity contribution is 5.88. The first-order chi connectivity index (χ1) is 23.6. The van der Waals surface area contributed by atoms with E-state index in [-0.39, 0.29) is 19.6 Å². The minimum atomic E-state index is -1.68. The first-order valence-corrected chi connectivity index (χ1v) is 17.1. The van der Waals surface area contributed by atoms with Crippen LogP contribution >= 0.6 is 0 Å². The van der Waals surface area contributed by atoms with Gasteiger partial charge in [0.2, 0.25) is 6.29 Å². The van der Waals surface area contributed by atoms with Crippen molar-refractivity contribution in [2.75, 3.05) is 27.4 Å². The lowest BCUT2D eigenvalue weighted by atomic mass is 9.38. The number of methoxy groups -OCH3 is 2. The molecule has 0 radical (unpaired) electrons. The van der Waals surface area contributed by atoms with Gasteiger partial charge in [0.25, 0.3) is 0 Å². The fourth-order valence-electron chi connectivity index (χ4n) is 12.1. The molecule has 0 aromatic carbocycles. The van der Waals surface area contributed by atoms with E-state index in [1.165, 1.54) is 27.4 Å². The van der Waals surface area contributed by atoms with E-state index in [9.17, 15) is 29.4 Å². The maximum Gasteiger partial charge on any atom is 0.335 e. The molecule has 7 fully saturated rings. The van der Waals surface area contributed by atoms with Gasteiger partial charge in [0.1, 0.15) is 28.8 Å². The lowest BCUT2D eigenvalue weighted by Gasteiger charge is -2.65. The molecular formula is C35H44O15. The smallest absolute Gasteiger partial charge is 0.335 e. The number of rotatable bonds is 6. The summed E-state index contributed by atoms with van der Waals surface area (Å²) in [6.07, 6.45) is -3.32. The Labute approximate surface area is 288 Å². The monoisotopic (exact) mass is 704 g/mol. The molecule has 8 aliphatic rings. The van der Waals surface area contributed by atoms with Gasteiger partial charge in [-0.25, -0.2) is 9.59 Å². The largest absolute Gasteiger partial charge is 0.469 e. The summed E-state index contributed by atoms with van der Waals surface area (Å²) < 4.78 is 54.7. The van der Waals surface area contributed by atoms with Gasteiger partial charge in [-0.2, -0.15) is 0 Å². The summed E-state index contributed by atoms with van der Waals surface area (Å²) in [5, 5.41) is 24.8. The molecule has 8 rings (SSSR count). The van der Waals surface area contributed by atoms with Crippen LogP contribution in [-0.4, -0.2) is 121 Å². The van der Waals surface area contributed by atoms with Gasteiger partial charge >= 0.3 is 23.9 Å². The molecule has 274 valence electrons. The van der Waals surface area contributed by atoms with E-state index in [4.69, 9.17) is 42.6 Å². The molecule has 3 saturated carbocycles. The number of hydrogen-bond acceptors (Lipinski definition) is 15. The third-order valence-electron chi connectivity index (χ3n) is 14.1. The van der Waals surface area contributed by atoms with Gasteiger partial charge in [-0.05, 0) is 33.3 Å². The van der Waals surface area contributed by atoms with Crippen molar-refractivity contribution in [3.63, 3.8) is 0 Å². The number of aliphatic hydroxyl groups excluding tert-OH is 1. The Hall–Kier alpha value is -3.08. The molecular weight excluding hydrogens is 660 g/mol. The van der Waals surface area contributed by atoms with Crippen molar-refractivity contribution in [2.24, 2.45) is 34.0 Å². The van der Waals surface area contributed by atoms with Crippen LogP contribution < -0.4 is 0 Å². The Morgan fingerprint density at radius 1 is 0.960 bits per heavy atom. The highest BCUT2D eigenvalue weighted by Gasteiger charge is 2.95. The number of carbonyl (C=O) groups is 4. The molecule has 3 aliphatic carbocycles. The fourth-order valence-corrected chi connectivity index (χ4v) is 12.1. The highest BCUT2D eigenvalue weighted by Crippen LogP contribution is 2.82. The molecule has 1 spiro atoms. The summed E-state index contributed by atoms with van der Waals surface area (Å²) in [7, 11) is 2.43. The Bertz CT molecular complexity index is 1610. The van der Waals surface area contributed by atoms with Gasteiger partial charge in [0.15, 0.2) is 11.7 Å². The maximum atomic E-state index is 14.2. The standard InChI is InChI=1S/C35H44O15/c1-8-15(2)26(38)48-18-12-19(47-16(3)36)33(28(40)43-7)14-45-21-24(33)32(18)13-46-22(27(39)42-6)23(32)30(4,25(21)37)35-20-11-17(31(35,5)50-35)34(41)9-10-44-29(34)49-20/h8-10,17-25,29,37,41H,11-14H2,1-7H3/b15-8+/t17-,18+,19-,20+,21-,22+,23+,24-,25-,29+,30+,31+,32-,33+,34+,35+/m1/s1. The topological polar surface area (TPSA) is 195 Å². The molecule has 2 N–H and O–H groups in total. The minimum Gasteiger partial charge on any atom is -0.469 e. The number of epoxide rings is 1. The first-order valence-electron chi connectivity index (χ1n) is 17.1. The van der Waals surface area contributed by atoms with Gasteiger partial charge in [0, 0.05) is 47.5 Å². The van der Waals surface area contributed by atoms with Crippen LogP contribution in [-0.2, 0) is 61.8 Å². The van der Waals surface area contributed by atoms with Crippen molar-refractivity contribution in [3.8, 4) is 0 Å². The predicted molar refractivity (Wildman–Crippen MR) is 163 cm³/mol. The van der Waals surface area contributed by atoms with Gasteiger partial charge in [-0.15, -0.1) is 0 Å². The number of fused-ring (bicyclic) bond motifs is 7. The van der Waals surface area contributed by atoms with Crippen molar-refractivity contribution >= 4 is 23.9 Å². The normalized spacial score (nSPS) is 53.3. The number of esters is 4. The van der Waals surface area contributed by atoms with Crippen LogP contribution in [0.3, 0.4) is 0 Å². The van der Waals surface area contributed by atoms with E-state index >= 15 is 0 Å². The molecule has 15 nitrogen and oxygen atoms in total. The minimum absolute atomic E-state index is 0.169. The van der Waals surface area contributed by atoms with E-state index in [0.29, 0.717) is 12.0 Å². The Morgan fingerprint density at radius 2 is 1.70 bits per heavy atom. The van der Waals surface area contributed by atoms with Crippen LogP contribution in [0, 0.1) is 34.0 Å². The first kappa shape index (κ1) is 34.0. The third-order valence-corrected chi connectivity index (χ3v) is 14.1. The van der Waals surface area contributed by atoms with Crippen LogP contribution in [0.1, 0.15) is 47.5 Å². The number of hydrogen-bond donors (Lipinski definition) is 2. The quantitative estimate of drug-likeness (QED) is 0.168. The zero-order valence-corrected chi connectivity index (χ0v) is 29.0. The van der Waals surface area contributed by atoms with Crippen LogP contribution in [0.25, 0.3) is 0 Å². The van der Waals surface area contributed by atoms with E-state index < -0.39 is 118 Å². The summed E-state index contributed by atoms with van der Waals surface area (Å²) in [5.74, 6) is -5.48. The SMILES string of the molecule is C/C=C(\C)C(=O)O[C@H]1C[C@@H](OC(C)=O)[C@@]2(C(=O)OC)CO[C@H]3[C@@H](O)[C@@](C)([C@]45O[C@@]4(C)[C@H]4C[C@@H]5O[C@@H]5OC=C[C@@]54O)[C@@H]4[C@@H](C(=O)OC)OC[C@@]14[C@@H]32. The second-order valence-electron chi connectivity index (χ2n) is 15.6. The lowest BCUT2D eigenvalue weighted by molar-refractivity contribution is -0.296. The fraction of sp³-hybridized carbons (Fsp3) is 0.771. The van der Waals surface area contributed by atoms with E-state index in [1.54, 1.807) is 32.9 Å². The lowest BCUT2D eigenvalue weighted by Crippen LogP contribution is -2.77. The van der Waals surface area contributed by atoms with Crippen molar-refractivity contribution in [2.45, 2.75) is 107 Å². The van der Waals surface area contributed by atoms with Crippen LogP contribution in [0.2, 0.25) is 0 Å². The molecule has 15 heteroatoms. The van der Waals surface area contributed by atoms with Crippen LogP contribution in [0.4, 0.5) is 0 Å². The predicted octanol–water partition coefficient (Wildman–Crippen LogP) is 0.477. The maximum absolute atomic E-state index is 14.2. The second kappa shape index (κ2) is 10.5. The molecule has 50 heavy (non-hydrogen) atoms. The molecule has 5 aliphatic heterocycles. The number of allylic oxidation sites excluding steroid dienone is 1. The third kappa shape index (κ3) is 3.56. The van der Waals surface area contributed by atoms with E-state index in [2.05, 4.69) is 0 Å². The number of aliphatic hydroxyl groups is 2. The van der Waals surface area contributed by atoms with Crippen molar-refractivity contribution in [1.82, 2.24) is 0 Å². The zero-order valence-electron chi connectivity index (χ0n) is 29.0. The highest BCUT2D eigenvalue weighted by atomic mass is 16.7. The van der Waals surface area contributed by atoms with Gasteiger partial charge < -0.3 is 52.8 Å². The second-order valence-corrected chi connectivity index (χ2v) is 15.6. The molecule has 0 amide bonds. The Balaban J connectivity index is 1.37.